The number of carboxylic acids is 1. The van der Waals surface area contributed by atoms with Gasteiger partial charge in [0.25, 0.3) is 0 Å². The van der Waals surface area contributed by atoms with Crippen LogP contribution in [0.3, 0.4) is 0 Å². The zero-order valence-corrected chi connectivity index (χ0v) is 9.34. The third kappa shape index (κ3) is 4.32. The maximum Gasteiger partial charge on any atom is 0.330 e. The van der Waals surface area contributed by atoms with Crippen LogP contribution in [0.2, 0.25) is 0 Å². The van der Waals surface area contributed by atoms with E-state index in [9.17, 15) is 13.6 Å². The van der Waals surface area contributed by atoms with Crippen LogP contribution < -0.4 is 5.32 Å². The van der Waals surface area contributed by atoms with E-state index in [0.29, 0.717) is 12.1 Å². The Bertz CT molecular complexity index is 444. The van der Waals surface area contributed by atoms with E-state index in [1.807, 2.05) is 0 Å². The van der Waals surface area contributed by atoms with Gasteiger partial charge in [-0.2, -0.15) is 0 Å². The van der Waals surface area contributed by atoms with Gasteiger partial charge in [0, 0.05) is 30.3 Å². The summed E-state index contributed by atoms with van der Waals surface area (Å²) in [6, 6.07) is 3.35. The molecule has 5 heteroatoms. The topological polar surface area (TPSA) is 49.3 Å². The Kier molecular flexibility index (Phi) is 4.78. The molecule has 1 aromatic carbocycles. The van der Waals surface area contributed by atoms with E-state index in [1.165, 1.54) is 25.1 Å². The lowest BCUT2D eigenvalue weighted by Crippen LogP contribution is -2.15. The first kappa shape index (κ1) is 13.3. The lowest BCUT2D eigenvalue weighted by atomic mass is 10.2. The van der Waals surface area contributed by atoms with Crippen molar-refractivity contribution in [2.75, 3.05) is 6.54 Å². The molecule has 0 aliphatic carbocycles. The van der Waals surface area contributed by atoms with Gasteiger partial charge < -0.3 is 10.4 Å². The Balaban J connectivity index is 2.46. The third-order valence-electron chi connectivity index (χ3n) is 2.22. The number of halogens is 2. The molecule has 92 valence electrons. The van der Waals surface area contributed by atoms with Crippen molar-refractivity contribution >= 4 is 5.97 Å². The fraction of sp³-hybridized carbons (Fsp3) is 0.250. The van der Waals surface area contributed by atoms with Crippen LogP contribution in [0.4, 0.5) is 8.78 Å². The molecule has 0 atom stereocenters. The van der Waals surface area contributed by atoms with Crippen molar-refractivity contribution in [2.24, 2.45) is 0 Å². The Hall–Kier alpha value is -1.75. The molecule has 0 fully saturated rings. The van der Waals surface area contributed by atoms with E-state index in [-0.39, 0.29) is 12.1 Å². The predicted octanol–water partition coefficient (Wildman–Crippen LogP) is 2.09. The number of carbonyl (C=O) groups is 1. The zero-order valence-electron chi connectivity index (χ0n) is 9.34. The van der Waals surface area contributed by atoms with Gasteiger partial charge in [-0.3, -0.25) is 0 Å². The second kappa shape index (κ2) is 6.10. The molecule has 3 nitrogen and oxygen atoms in total. The lowest BCUT2D eigenvalue weighted by Gasteiger charge is -2.04. The van der Waals surface area contributed by atoms with Gasteiger partial charge in [-0.25, -0.2) is 13.6 Å². The van der Waals surface area contributed by atoms with Crippen molar-refractivity contribution < 1.29 is 18.7 Å². The Morgan fingerprint density at radius 3 is 2.76 bits per heavy atom. The minimum Gasteiger partial charge on any atom is -0.478 e. The van der Waals surface area contributed by atoms with Crippen LogP contribution in [-0.4, -0.2) is 17.6 Å². The SMILES string of the molecule is C/C(=C/CNCc1ccc(F)cc1F)C(=O)O. The highest BCUT2D eigenvalue weighted by Gasteiger charge is 2.03. The molecule has 17 heavy (non-hydrogen) atoms. The van der Waals surface area contributed by atoms with Crippen LogP contribution >= 0.6 is 0 Å². The molecule has 1 rings (SSSR count). The monoisotopic (exact) mass is 241 g/mol. The van der Waals surface area contributed by atoms with Crippen LogP contribution in [0.5, 0.6) is 0 Å². The van der Waals surface area contributed by atoms with Gasteiger partial charge in [0.15, 0.2) is 0 Å². The molecular weight excluding hydrogens is 228 g/mol. The molecule has 2 N–H and O–H groups in total. The molecule has 0 amide bonds. The number of hydrogen-bond acceptors (Lipinski definition) is 2. The Labute approximate surface area is 97.8 Å². The second-order valence-corrected chi connectivity index (χ2v) is 3.56. The van der Waals surface area contributed by atoms with Gasteiger partial charge in [-0.15, -0.1) is 0 Å². The standard InChI is InChI=1S/C12H13F2NO2/c1-8(12(16)17)4-5-15-7-9-2-3-10(13)6-11(9)14/h2-4,6,15H,5,7H2,1H3,(H,16,17)/b8-4-. The van der Waals surface area contributed by atoms with Crippen molar-refractivity contribution in [3.63, 3.8) is 0 Å². The summed E-state index contributed by atoms with van der Waals surface area (Å²) < 4.78 is 25.8. The van der Waals surface area contributed by atoms with Crippen molar-refractivity contribution in [2.45, 2.75) is 13.5 Å². The molecule has 0 aromatic heterocycles. The number of nitrogens with one attached hydrogen (secondary N) is 1. The maximum absolute atomic E-state index is 13.2. The molecular formula is C12H13F2NO2. The van der Waals surface area contributed by atoms with Crippen LogP contribution in [-0.2, 0) is 11.3 Å². The summed E-state index contributed by atoms with van der Waals surface area (Å²) in [5.74, 6) is -2.22. The Morgan fingerprint density at radius 1 is 1.47 bits per heavy atom. The molecule has 0 radical (unpaired) electrons. The lowest BCUT2D eigenvalue weighted by molar-refractivity contribution is -0.132. The molecule has 0 unspecified atom stereocenters. The summed E-state index contributed by atoms with van der Waals surface area (Å²) in [4.78, 5) is 10.5. The van der Waals surface area contributed by atoms with Crippen molar-refractivity contribution in [3.8, 4) is 0 Å². The first-order chi connectivity index (χ1) is 8.00. The molecule has 0 aliphatic rings. The Morgan fingerprint density at radius 2 is 2.18 bits per heavy atom. The fourth-order valence-electron chi connectivity index (χ4n) is 1.18. The summed E-state index contributed by atoms with van der Waals surface area (Å²) in [7, 11) is 0. The molecule has 0 spiro atoms. The number of carboxylic acid groups (broad SMARTS) is 1. The number of rotatable bonds is 5. The minimum atomic E-state index is -0.986. The molecule has 0 saturated carbocycles. The predicted molar refractivity (Wildman–Crippen MR) is 59.5 cm³/mol. The van der Waals surface area contributed by atoms with Gasteiger partial charge >= 0.3 is 5.97 Å². The number of aliphatic carboxylic acids is 1. The fourth-order valence-corrected chi connectivity index (χ4v) is 1.18. The van der Waals surface area contributed by atoms with Gasteiger partial charge in [-0.1, -0.05) is 12.1 Å². The number of benzene rings is 1. The molecule has 1 aromatic rings. The zero-order chi connectivity index (χ0) is 12.8. The summed E-state index contributed by atoms with van der Waals surface area (Å²) >= 11 is 0. The smallest absolute Gasteiger partial charge is 0.330 e. The van der Waals surface area contributed by atoms with E-state index in [1.54, 1.807) is 0 Å². The minimum absolute atomic E-state index is 0.218. The average molecular weight is 241 g/mol. The van der Waals surface area contributed by atoms with Gasteiger partial charge in [0.05, 0.1) is 0 Å². The highest BCUT2D eigenvalue weighted by Crippen LogP contribution is 2.08. The normalized spacial score (nSPS) is 11.6. The first-order valence-corrected chi connectivity index (χ1v) is 5.05. The van der Waals surface area contributed by atoms with E-state index in [0.717, 1.165) is 6.07 Å². The van der Waals surface area contributed by atoms with Crippen molar-refractivity contribution in [1.82, 2.24) is 5.32 Å². The third-order valence-corrected chi connectivity index (χ3v) is 2.22. The molecule has 0 saturated heterocycles. The summed E-state index contributed by atoms with van der Waals surface area (Å²) in [5.41, 5.74) is 0.560. The van der Waals surface area contributed by atoms with Crippen molar-refractivity contribution in [1.29, 1.82) is 0 Å². The van der Waals surface area contributed by atoms with Crippen LogP contribution in [0, 0.1) is 11.6 Å². The van der Waals surface area contributed by atoms with E-state index >= 15 is 0 Å². The first-order valence-electron chi connectivity index (χ1n) is 5.05. The summed E-state index contributed by atoms with van der Waals surface area (Å²) in [6.07, 6.45) is 1.49. The van der Waals surface area contributed by atoms with E-state index in [4.69, 9.17) is 5.11 Å². The van der Waals surface area contributed by atoms with E-state index in [2.05, 4.69) is 5.32 Å². The van der Waals surface area contributed by atoms with Gasteiger partial charge in [0.2, 0.25) is 0 Å². The van der Waals surface area contributed by atoms with Crippen LogP contribution in [0.25, 0.3) is 0 Å². The van der Waals surface area contributed by atoms with Gasteiger partial charge in [-0.05, 0) is 13.0 Å². The quantitative estimate of drug-likeness (QED) is 0.613. The maximum atomic E-state index is 13.2. The highest BCUT2D eigenvalue weighted by molar-refractivity contribution is 5.85. The molecule has 0 bridgehead atoms. The second-order valence-electron chi connectivity index (χ2n) is 3.56. The van der Waals surface area contributed by atoms with E-state index < -0.39 is 17.6 Å². The van der Waals surface area contributed by atoms with Gasteiger partial charge in [0.1, 0.15) is 11.6 Å². The van der Waals surface area contributed by atoms with Crippen molar-refractivity contribution in [3.05, 3.63) is 47.0 Å². The summed E-state index contributed by atoms with van der Waals surface area (Å²) in [5, 5.41) is 11.4. The molecule has 0 heterocycles. The number of hydrogen-bond donors (Lipinski definition) is 2. The molecule has 0 aliphatic heterocycles. The van der Waals surface area contributed by atoms with Crippen LogP contribution in [0.1, 0.15) is 12.5 Å². The summed E-state index contributed by atoms with van der Waals surface area (Å²) in [6.45, 7) is 2.01. The average Bonchev–Trinajstić information content (AvgIpc) is 2.26. The largest absolute Gasteiger partial charge is 0.478 e. The van der Waals surface area contributed by atoms with Crippen LogP contribution in [0.15, 0.2) is 29.8 Å². The highest BCUT2D eigenvalue weighted by atomic mass is 19.1.